The van der Waals surface area contributed by atoms with Crippen LogP contribution in [0.4, 0.5) is 11.4 Å². The van der Waals surface area contributed by atoms with Gasteiger partial charge >= 0.3 is 11.9 Å². The van der Waals surface area contributed by atoms with E-state index in [4.69, 9.17) is 0 Å². The molecule has 0 saturated carbocycles. The Hall–Kier alpha value is -2.83. The molecule has 0 atom stereocenters. The van der Waals surface area contributed by atoms with Crippen LogP contribution in [0.5, 0.6) is 0 Å². The molecule has 124 valence electrons. The van der Waals surface area contributed by atoms with Crippen LogP contribution in [0.3, 0.4) is 0 Å². The van der Waals surface area contributed by atoms with Crippen LogP contribution in [0, 0.1) is 6.92 Å². The Morgan fingerprint density at radius 3 is 2.39 bits per heavy atom. The summed E-state index contributed by atoms with van der Waals surface area (Å²) < 4.78 is 9.12. The fourth-order valence-electron chi connectivity index (χ4n) is 1.66. The first-order valence-corrected chi connectivity index (χ1v) is 6.96. The topological polar surface area (TPSA) is 93.7 Å². The number of esters is 2. The van der Waals surface area contributed by atoms with Gasteiger partial charge in [-0.2, -0.15) is 0 Å². The van der Waals surface area contributed by atoms with Gasteiger partial charge in [0.15, 0.2) is 0 Å². The number of benzene rings is 1. The van der Waals surface area contributed by atoms with E-state index in [0.717, 1.165) is 11.6 Å². The molecule has 0 unspecified atom stereocenters. The number of amides is 1. The Labute approximate surface area is 134 Å². The van der Waals surface area contributed by atoms with Crippen LogP contribution in [0.2, 0.25) is 0 Å². The molecule has 0 fully saturated rings. The minimum absolute atomic E-state index is 0.0732. The summed E-state index contributed by atoms with van der Waals surface area (Å²) in [5.41, 5.74) is 1.93. The zero-order chi connectivity index (χ0) is 17.4. The van der Waals surface area contributed by atoms with Gasteiger partial charge in [0.2, 0.25) is 5.91 Å². The molecule has 0 aliphatic carbocycles. The van der Waals surface area contributed by atoms with E-state index >= 15 is 0 Å². The van der Waals surface area contributed by atoms with Gasteiger partial charge in [-0.3, -0.25) is 4.79 Å². The van der Waals surface area contributed by atoms with Gasteiger partial charge in [-0.15, -0.1) is 0 Å². The average Bonchev–Trinajstić information content (AvgIpc) is 2.55. The number of nitrogens with one attached hydrogen (secondary N) is 2. The van der Waals surface area contributed by atoms with Crippen molar-refractivity contribution in [2.24, 2.45) is 0 Å². The number of carbonyl (C=O) groups is 3. The quantitative estimate of drug-likeness (QED) is 0.615. The summed E-state index contributed by atoms with van der Waals surface area (Å²) >= 11 is 0. The van der Waals surface area contributed by atoms with Crippen molar-refractivity contribution in [1.29, 1.82) is 0 Å². The average molecular weight is 320 g/mol. The van der Waals surface area contributed by atoms with Crippen molar-refractivity contribution < 1.29 is 23.9 Å². The highest BCUT2D eigenvalue weighted by molar-refractivity contribution is 5.99. The molecule has 0 aromatic heterocycles. The number of rotatable bonds is 6. The van der Waals surface area contributed by atoms with Crippen LogP contribution in [0.15, 0.2) is 30.0 Å². The summed E-state index contributed by atoms with van der Waals surface area (Å²) in [4.78, 5) is 34.6. The predicted octanol–water partition coefficient (Wildman–Crippen LogP) is 1.99. The van der Waals surface area contributed by atoms with Crippen molar-refractivity contribution in [2.75, 3.05) is 24.9 Å². The van der Waals surface area contributed by atoms with Crippen molar-refractivity contribution in [3.8, 4) is 0 Å². The Bertz CT molecular complexity index is 637. The zero-order valence-corrected chi connectivity index (χ0v) is 13.6. The third-order valence-electron chi connectivity index (χ3n) is 2.98. The van der Waals surface area contributed by atoms with Gasteiger partial charge in [0.25, 0.3) is 0 Å². The summed E-state index contributed by atoms with van der Waals surface area (Å²) in [6.07, 6.45) is 1.35. The Morgan fingerprint density at radius 1 is 1.13 bits per heavy atom. The van der Waals surface area contributed by atoms with Crippen LogP contribution < -0.4 is 10.6 Å². The van der Waals surface area contributed by atoms with Gasteiger partial charge in [0.05, 0.1) is 20.3 Å². The zero-order valence-electron chi connectivity index (χ0n) is 13.6. The number of anilines is 2. The normalized spacial score (nSPS) is 10.7. The lowest BCUT2D eigenvalue weighted by atomic mass is 10.1. The van der Waals surface area contributed by atoms with E-state index in [-0.39, 0.29) is 11.6 Å². The van der Waals surface area contributed by atoms with E-state index in [1.807, 2.05) is 6.92 Å². The van der Waals surface area contributed by atoms with Gasteiger partial charge < -0.3 is 20.1 Å². The third kappa shape index (κ3) is 5.46. The molecular weight excluding hydrogens is 300 g/mol. The second-order valence-electron chi connectivity index (χ2n) is 4.63. The maximum Gasteiger partial charge on any atom is 0.354 e. The number of carbonyl (C=O) groups excluding carboxylic acids is 3. The predicted molar refractivity (Wildman–Crippen MR) is 85.8 cm³/mol. The van der Waals surface area contributed by atoms with Gasteiger partial charge in [0.1, 0.15) is 5.70 Å². The molecular formula is C16H20N2O5. The largest absolute Gasteiger partial charge is 0.466 e. The van der Waals surface area contributed by atoms with E-state index in [2.05, 4.69) is 20.1 Å². The number of ether oxygens (including phenoxy) is 2. The van der Waals surface area contributed by atoms with Crippen LogP contribution in [0.1, 0.15) is 18.9 Å². The highest BCUT2D eigenvalue weighted by Crippen LogP contribution is 2.22. The lowest BCUT2D eigenvalue weighted by Gasteiger charge is -2.13. The monoisotopic (exact) mass is 320 g/mol. The molecule has 0 spiro atoms. The molecule has 1 aromatic rings. The van der Waals surface area contributed by atoms with Crippen LogP contribution in [-0.2, 0) is 23.9 Å². The van der Waals surface area contributed by atoms with Gasteiger partial charge in [-0.25, -0.2) is 9.59 Å². The molecule has 1 aromatic carbocycles. The van der Waals surface area contributed by atoms with E-state index in [9.17, 15) is 14.4 Å². The van der Waals surface area contributed by atoms with Crippen molar-refractivity contribution in [3.63, 3.8) is 0 Å². The molecule has 0 radical (unpaired) electrons. The standard InChI is InChI=1S/C16H20N2O5/c1-5-14(19)18-12-8-11(7-6-10(12)2)17-13(16(21)23-4)9-15(20)22-3/h6-9,17H,5H2,1-4H3,(H,18,19)/b13-9+. The Balaban J connectivity index is 3.07. The van der Waals surface area contributed by atoms with Crippen molar-refractivity contribution in [1.82, 2.24) is 0 Å². The maximum atomic E-state index is 11.7. The number of hydrogen-bond donors (Lipinski definition) is 2. The van der Waals surface area contributed by atoms with E-state index in [0.29, 0.717) is 17.8 Å². The Kier molecular flexibility index (Phi) is 6.79. The van der Waals surface area contributed by atoms with Crippen molar-refractivity contribution >= 4 is 29.2 Å². The van der Waals surface area contributed by atoms with Gasteiger partial charge in [-0.05, 0) is 24.6 Å². The first-order valence-electron chi connectivity index (χ1n) is 6.96. The molecule has 1 amide bonds. The van der Waals surface area contributed by atoms with Gasteiger partial charge in [0, 0.05) is 17.8 Å². The van der Waals surface area contributed by atoms with Crippen LogP contribution in [0.25, 0.3) is 0 Å². The molecule has 0 heterocycles. The molecule has 7 nitrogen and oxygen atoms in total. The summed E-state index contributed by atoms with van der Waals surface area (Å²) in [6.45, 7) is 3.60. The number of aryl methyl sites for hydroxylation is 1. The molecule has 0 aliphatic rings. The van der Waals surface area contributed by atoms with Crippen molar-refractivity contribution in [3.05, 3.63) is 35.5 Å². The lowest BCUT2D eigenvalue weighted by Crippen LogP contribution is -2.16. The smallest absolute Gasteiger partial charge is 0.354 e. The summed E-state index contributed by atoms with van der Waals surface area (Å²) in [5.74, 6) is -1.52. The summed E-state index contributed by atoms with van der Waals surface area (Å²) in [6, 6.07) is 5.16. The summed E-state index contributed by atoms with van der Waals surface area (Å²) in [7, 11) is 2.41. The molecule has 0 bridgehead atoms. The molecule has 7 heteroatoms. The van der Waals surface area contributed by atoms with Gasteiger partial charge in [-0.1, -0.05) is 13.0 Å². The van der Waals surface area contributed by atoms with Crippen LogP contribution in [-0.4, -0.2) is 32.1 Å². The first-order chi connectivity index (χ1) is 10.9. The lowest BCUT2D eigenvalue weighted by molar-refractivity contribution is -0.138. The third-order valence-corrected chi connectivity index (χ3v) is 2.98. The van der Waals surface area contributed by atoms with Crippen LogP contribution >= 0.6 is 0 Å². The maximum absolute atomic E-state index is 11.7. The molecule has 23 heavy (non-hydrogen) atoms. The molecule has 1 rings (SSSR count). The minimum Gasteiger partial charge on any atom is -0.466 e. The summed E-state index contributed by atoms with van der Waals surface area (Å²) in [5, 5.41) is 5.55. The number of methoxy groups -OCH3 is 2. The SMILES string of the molecule is CCC(=O)Nc1cc(N/C(=C/C(=O)OC)C(=O)OC)ccc1C. The number of hydrogen-bond acceptors (Lipinski definition) is 6. The van der Waals surface area contributed by atoms with E-state index < -0.39 is 11.9 Å². The molecule has 0 aliphatic heterocycles. The second-order valence-corrected chi connectivity index (χ2v) is 4.63. The Morgan fingerprint density at radius 2 is 1.83 bits per heavy atom. The highest BCUT2D eigenvalue weighted by Gasteiger charge is 2.13. The fraction of sp³-hybridized carbons (Fsp3) is 0.312. The van der Waals surface area contributed by atoms with E-state index in [1.165, 1.54) is 14.2 Å². The fourth-order valence-corrected chi connectivity index (χ4v) is 1.66. The first kappa shape index (κ1) is 18.2. The highest BCUT2D eigenvalue weighted by atomic mass is 16.5. The molecule has 2 N–H and O–H groups in total. The van der Waals surface area contributed by atoms with E-state index in [1.54, 1.807) is 25.1 Å². The molecule has 0 saturated heterocycles. The van der Waals surface area contributed by atoms with Crippen molar-refractivity contribution in [2.45, 2.75) is 20.3 Å². The second kappa shape index (κ2) is 8.57. The minimum atomic E-state index is -0.713.